The Morgan fingerprint density at radius 3 is 2.62 bits per heavy atom. The van der Waals surface area contributed by atoms with Crippen molar-refractivity contribution in [2.45, 2.75) is 33.2 Å². The smallest absolute Gasteiger partial charge is 0.255 e. The molecule has 1 aromatic carbocycles. The zero-order chi connectivity index (χ0) is 15.6. The van der Waals surface area contributed by atoms with Crippen molar-refractivity contribution < 1.29 is 9.90 Å². The lowest BCUT2D eigenvalue weighted by molar-refractivity contribution is 0.0868. The van der Waals surface area contributed by atoms with Gasteiger partial charge in [0.15, 0.2) is 0 Å². The van der Waals surface area contributed by atoms with Gasteiger partial charge in [-0.1, -0.05) is 18.2 Å². The molecule has 112 valence electrons. The summed E-state index contributed by atoms with van der Waals surface area (Å²) >= 11 is 0. The summed E-state index contributed by atoms with van der Waals surface area (Å²) in [6, 6.07) is 7.88. The van der Waals surface area contributed by atoms with Gasteiger partial charge in [-0.2, -0.15) is 5.10 Å². The Labute approximate surface area is 124 Å². The summed E-state index contributed by atoms with van der Waals surface area (Å²) in [5, 5.41) is 16.4. The third-order valence-electron chi connectivity index (χ3n) is 3.45. The number of amides is 1. The van der Waals surface area contributed by atoms with Crippen LogP contribution in [0.15, 0.2) is 30.5 Å². The predicted octanol–water partition coefficient (Wildman–Crippen LogP) is 1.99. The van der Waals surface area contributed by atoms with Crippen LogP contribution in [-0.4, -0.2) is 32.9 Å². The Morgan fingerprint density at radius 1 is 1.33 bits per heavy atom. The zero-order valence-corrected chi connectivity index (χ0v) is 12.8. The monoisotopic (exact) mass is 287 g/mol. The van der Waals surface area contributed by atoms with E-state index >= 15 is 0 Å². The number of aromatic nitrogens is 2. The first-order valence-corrected chi connectivity index (χ1v) is 6.90. The lowest BCUT2D eigenvalue weighted by Crippen LogP contribution is -2.46. The van der Waals surface area contributed by atoms with E-state index < -0.39 is 5.54 Å². The fraction of sp³-hybridized carbons (Fsp3) is 0.375. The van der Waals surface area contributed by atoms with Gasteiger partial charge in [-0.25, -0.2) is 4.68 Å². The van der Waals surface area contributed by atoms with E-state index in [9.17, 15) is 9.90 Å². The highest BCUT2D eigenvalue weighted by Gasteiger charge is 2.23. The number of nitrogens with zero attached hydrogens (tertiary/aromatic N) is 2. The third-order valence-corrected chi connectivity index (χ3v) is 3.45. The third kappa shape index (κ3) is 3.13. The number of aliphatic hydroxyl groups excluding tert-OH is 1. The number of rotatable bonds is 4. The summed E-state index contributed by atoms with van der Waals surface area (Å²) in [5.74, 6) is -0.230. The molecule has 0 saturated carbocycles. The molecule has 0 unspecified atom stereocenters. The van der Waals surface area contributed by atoms with Crippen molar-refractivity contribution in [3.05, 3.63) is 47.3 Å². The molecule has 2 rings (SSSR count). The molecule has 0 atom stereocenters. The topological polar surface area (TPSA) is 67.2 Å². The van der Waals surface area contributed by atoms with Crippen LogP contribution in [0, 0.1) is 13.8 Å². The zero-order valence-electron chi connectivity index (χ0n) is 12.8. The van der Waals surface area contributed by atoms with Crippen molar-refractivity contribution in [1.82, 2.24) is 15.1 Å². The van der Waals surface area contributed by atoms with E-state index in [-0.39, 0.29) is 12.5 Å². The van der Waals surface area contributed by atoms with Crippen LogP contribution >= 0.6 is 0 Å². The van der Waals surface area contributed by atoms with Gasteiger partial charge in [0.1, 0.15) is 0 Å². The second-order valence-electron chi connectivity index (χ2n) is 5.84. The fourth-order valence-electron chi connectivity index (χ4n) is 2.09. The number of carbonyl (C=O) groups is 1. The molecule has 21 heavy (non-hydrogen) atoms. The normalized spacial score (nSPS) is 11.5. The minimum absolute atomic E-state index is 0.121. The maximum atomic E-state index is 12.3. The fourth-order valence-corrected chi connectivity index (χ4v) is 2.09. The largest absolute Gasteiger partial charge is 0.394 e. The Morgan fingerprint density at radius 2 is 2.00 bits per heavy atom. The predicted molar refractivity (Wildman–Crippen MR) is 81.7 cm³/mol. The average Bonchev–Trinajstić information content (AvgIpc) is 2.81. The molecular weight excluding hydrogens is 266 g/mol. The molecule has 5 heteroatoms. The van der Waals surface area contributed by atoms with E-state index in [1.165, 1.54) is 0 Å². The molecule has 0 saturated heterocycles. The number of hydrogen-bond donors (Lipinski definition) is 2. The van der Waals surface area contributed by atoms with E-state index in [1.54, 1.807) is 24.7 Å². The highest BCUT2D eigenvalue weighted by Crippen LogP contribution is 2.18. The van der Waals surface area contributed by atoms with Crippen LogP contribution in [0.2, 0.25) is 0 Å². The molecule has 1 heterocycles. The van der Waals surface area contributed by atoms with Gasteiger partial charge >= 0.3 is 0 Å². The summed E-state index contributed by atoms with van der Waals surface area (Å²) in [4.78, 5) is 12.3. The highest BCUT2D eigenvalue weighted by atomic mass is 16.3. The number of hydrogen-bond acceptors (Lipinski definition) is 3. The molecule has 0 aliphatic heterocycles. The molecule has 0 bridgehead atoms. The Kier molecular flexibility index (Phi) is 4.14. The van der Waals surface area contributed by atoms with E-state index in [2.05, 4.69) is 10.4 Å². The maximum Gasteiger partial charge on any atom is 0.255 e. The van der Waals surface area contributed by atoms with Crippen molar-refractivity contribution in [3.63, 3.8) is 0 Å². The van der Waals surface area contributed by atoms with Crippen molar-refractivity contribution in [2.75, 3.05) is 6.61 Å². The summed E-state index contributed by atoms with van der Waals surface area (Å²) in [6.07, 6.45) is 1.56. The first-order valence-electron chi connectivity index (χ1n) is 6.90. The number of benzene rings is 1. The number of aliphatic hydroxyl groups is 1. The second kappa shape index (κ2) is 5.69. The number of nitrogens with one attached hydrogen (secondary N) is 1. The van der Waals surface area contributed by atoms with E-state index in [1.807, 2.05) is 38.1 Å². The number of para-hydroxylation sites is 1. The molecular formula is C16H21N3O2. The van der Waals surface area contributed by atoms with Crippen LogP contribution in [0.25, 0.3) is 5.69 Å². The van der Waals surface area contributed by atoms with Crippen LogP contribution in [0.4, 0.5) is 0 Å². The SMILES string of the molecule is Cc1ccccc1-n1ncc(C(=O)NC(C)(C)CO)c1C. The average molecular weight is 287 g/mol. The first-order chi connectivity index (χ1) is 9.85. The standard InChI is InChI=1S/C16H21N3O2/c1-11-7-5-6-8-14(11)19-12(2)13(9-17-19)15(21)18-16(3,4)10-20/h5-9,20H,10H2,1-4H3,(H,18,21). The lowest BCUT2D eigenvalue weighted by Gasteiger charge is -2.23. The lowest BCUT2D eigenvalue weighted by atomic mass is 10.1. The van der Waals surface area contributed by atoms with Crippen LogP contribution in [0.5, 0.6) is 0 Å². The molecule has 0 radical (unpaired) electrons. The molecule has 0 spiro atoms. The van der Waals surface area contributed by atoms with E-state index in [0.717, 1.165) is 16.9 Å². The van der Waals surface area contributed by atoms with Gasteiger partial charge in [-0.15, -0.1) is 0 Å². The van der Waals surface area contributed by atoms with Crippen LogP contribution < -0.4 is 5.32 Å². The van der Waals surface area contributed by atoms with Gasteiger partial charge in [-0.05, 0) is 39.3 Å². The molecule has 2 N–H and O–H groups in total. The van der Waals surface area contributed by atoms with Crippen LogP contribution in [0.1, 0.15) is 35.5 Å². The Balaban J connectivity index is 2.34. The molecule has 0 aliphatic carbocycles. The second-order valence-corrected chi connectivity index (χ2v) is 5.84. The maximum absolute atomic E-state index is 12.3. The van der Waals surface area contributed by atoms with Gasteiger partial charge in [0.05, 0.1) is 35.3 Å². The van der Waals surface area contributed by atoms with Gasteiger partial charge in [0, 0.05) is 0 Å². The number of carbonyl (C=O) groups excluding carboxylic acids is 1. The quantitative estimate of drug-likeness (QED) is 0.903. The van der Waals surface area contributed by atoms with Crippen molar-refractivity contribution in [3.8, 4) is 5.69 Å². The summed E-state index contributed by atoms with van der Waals surface area (Å²) in [5.41, 5.74) is 2.67. The van der Waals surface area contributed by atoms with Crippen molar-refractivity contribution >= 4 is 5.91 Å². The van der Waals surface area contributed by atoms with Gasteiger partial charge in [-0.3, -0.25) is 4.79 Å². The van der Waals surface area contributed by atoms with Crippen LogP contribution in [0.3, 0.4) is 0 Å². The van der Waals surface area contributed by atoms with Crippen molar-refractivity contribution in [1.29, 1.82) is 0 Å². The summed E-state index contributed by atoms with van der Waals surface area (Å²) in [7, 11) is 0. The van der Waals surface area contributed by atoms with E-state index in [4.69, 9.17) is 0 Å². The highest BCUT2D eigenvalue weighted by molar-refractivity contribution is 5.95. The molecule has 2 aromatic rings. The first kappa shape index (κ1) is 15.3. The number of aryl methyl sites for hydroxylation is 1. The molecule has 1 amide bonds. The molecule has 0 fully saturated rings. The van der Waals surface area contributed by atoms with Gasteiger partial charge in [0.2, 0.25) is 0 Å². The summed E-state index contributed by atoms with van der Waals surface area (Å²) in [6.45, 7) is 7.28. The Bertz CT molecular complexity index is 659. The van der Waals surface area contributed by atoms with Crippen LogP contribution in [-0.2, 0) is 0 Å². The molecule has 0 aliphatic rings. The molecule has 5 nitrogen and oxygen atoms in total. The van der Waals surface area contributed by atoms with E-state index in [0.29, 0.717) is 5.56 Å². The minimum atomic E-state index is -0.658. The van der Waals surface area contributed by atoms with Gasteiger partial charge < -0.3 is 10.4 Å². The van der Waals surface area contributed by atoms with Crippen molar-refractivity contribution in [2.24, 2.45) is 0 Å². The minimum Gasteiger partial charge on any atom is -0.394 e. The molecule has 1 aromatic heterocycles. The van der Waals surface area contributed by atoms with Gasteiger partial charge in [0.25, 0.3) is 5.91 Å². The summed E-state index contributed by atoms with van der Waals surface area (Å²) < 4.78 is 1.76. The Hall–Kier alpha value is -2.14.